The second kappa shape index (κ2) is 5.32. The van der Waals surface area contributed by atoms with Crippen LogP contribution in [-0.2, 0) is 0 Å². The number of carbonyl (C=O) groups excluding carboxylic acids is 1. The summed E-state index contributed by atoms with van der Waals surface area (Å²) in [7, 11) is 1.52. The van der Waals surface area contributed by atoms with Crippen molar-refractivity contribution >= 4 is 33.1 Å². The van der Waals surface area contributed by atoms with Crippen LogP contribution in [-0.4, -0.2) is 12.9 Å². The maximum atomic E-state index is 12.5. The largest absolute Gasteiger partial charge is 0.496 e. The highest BCUT2D eigenvalue weighted by molar-refractivity contribution is 9.10. The van der Waals surface area contributed by atoms with E-state index in [-0.39, 0.29) is 5.78 Å². The van der Waals surface area contributed by atoms with Gasteiger partial charge in [0.15, 0.2) is 5.78 Å². The molecule has 2 rings (SSSR count). The van der Waals surface area contributed by atoms with Crippen molar-refractivity contribution < 1.29 is 9.53 Å². The van der Waals surface area contributed by atoms with Crippen molar-refractivity contribution in [2.45, 2.75) is 0 Å². The highest BCUT2D eigenvalue weighted by atomic mass is 79.9. The number of rotatable bonds is 3. The normalized spacial score (nSPS) is 10.2. The van der Waals surface area contributed by atoms with E-state index in [9.17, 15) is 4.79 Å². The minimum atomic E-state index is -0.198. The minimum Gasteiger partial charge on any atom is -0.496 e. The number of nitrogen functional groups attached to an aromatic ring is 2. The zero-order chi connectivity index (χ0) is 14.0. The zero-order valence-electron chi connectivity index (χ0n) is 10.3. The van der Waals surface area contributed by atoms with Gasteiger partial charge in [-0.15, -0.1) is 0 Å². The Labute approximate surface area is 119 Å². The molecule has 19 heavy (non-hydrogen) atoms. The molecule has 0 aromatic heterocycles. The number of methoxy groups -OCH3 is 1. The van der Waals surface area contributed by atoms with Crippen LogP contribution in [0.15, 0.2) is 40.9 Å². The number of ether oxygens (including phenoxy) is 1. The first-order valence-corrected chi connectivity index (χ1v) is 6.35. The van der Waals surface area contributed by atoms with E-state index < -0.39 is 0 Å². The Balaban J connectivity index is 2.52. The van der Waals surface area contributed by atoms with Crippen molar-refractivity contribution in [3.05, 3.63) is 52.0 Å². The number of hydrogen-bond donors (Lipinski definition) is 2. The van der Waals surface area contributed by atoms with Gasteiger partial charge in [0.2, 0.25) is 0 Å². The first-order valence-electron chi connectivity index (χ1n) is 5.56. The van der Waals surface area contributed by atoms with Crippen LogP contribution in [0.25, 0.3) is 0 Å². The molecule has 4 nitrogen and oxygen atoms in total. The molecule has 0 heterocycles. The lowest BCUT2D eigenvalue weighted by molar-refractivity contribution is 0.103. The molecule has 4 N–H and O–H groups in total. The van der Waals surface area contributed by atoms with Gasteiger partial charge < -0.3 is 16.2 Å². The Morgan fingerprint density at radius 2 is 1.84 bits per heavy atom. The van der Waals surface area contributed by atoms with Gasteiger partial charge >= 0.3 is 0 Å². The number of hydrogen-bond acceptors (Lipinski definition) is 4. The van der Waals surface area contributed by atoms with Gasteiger partial charge in [-0.1, -0.05) is 15.9 Å². The number of benzene rings is 2. The van der Waals surface area contributed by atoms with E-state index in [1.54, 1.807) is 30.3 Å². The van der Waals surface area contributed by atoms with Crippen molar-refractivity contribution in [1.82, 2.24) is 0 Å². The molecule has 0 atom stereocenters. The van der Waals surface area contributed by atoms with Crippen molar-refractivity contribution in [2.75, 3.05) is 18.6 Å². The standard InChI is InChI=1S/C14H13BrN2O2/c1-19-13-5-2-8(15)6-11(13)14(18)10-4-3-9(16)7-12(10)17/h2-7H,16-17H2,1H3. The third-order valence-corrected chi connectivity index (χ3v) is 3.22. The van der Waals surface area contributed by atoms with Crippen LogP contribution in [0, 0.1) is 0 Å². The number of carbonyl (C=O) groups is 1. The van der Waals surface area contributed by atoms with Gasteiger partial charge in [-0.05, 0) is 36.4 Å². The fourth-order valence-corrected chi connectivity index (χ4v) is 2.15. The number of ketones is 1. The van der Waals surface area contributed by atoms with E-state index in [1.165, 1.54) is 7.11 Å². The van der Waals surface area contributed by atoms with Crippen molar-refractivity contribution in [2.24, 2.45) is 0 Å². The molecule has 0 aliphatic rings. The molecular weight excluding hydrogens is 308 g/mol. The Morgan fingerprint density at radius 1 is 1.11 bits per heavy atom. The van der Waals surface area contributed by atoms with Gasteiger partial charge in [0, 0.05) is 21.4 Å². The molecular formula is C14H13BrN2O2. The molecule has 98 valence electrons. The van der Waals surface area contributed by atoms with Crippen LogP contribution < -0.4 is 16.2 Å². The molecule has 0 radical (unpaired) electrons. The predicted octanol–water partition coefficient (Wildman–Crippen LogP) is 2.85. The van der Waals surface area contributed by atoms with Crippen LogP contribution in [0.1, 0.15) is 15.9 Å². The van der Waals surface area contributed by atoms with Crippen LogP contribution in [0.3, 0.4) is 0 Å². The molecule has 0 saturated heterocycles. The molecule has 0 spiro atoms. The van der Waals surface area contributed by atoms with Crippen molar-refractivity contribution in [1.29, 1.82) is 0 Å². The SMILES string of the molecule is COc1ccc(Br)cc1C(=O)c1ccc(N)cc1N. The van der Waals surface area contributed by atoms with Crippen LogP contribution >= 0.6 is 15.9 Å². The summed E-state index contributed by atoms with van der Waals surface area (Å²) in [5.74, 6) is 0.306. The number of halogens is 1. The van der Waals surface area contributed by atoms with E-state index >= 15 is 0 Å². The average molecular weight is 321 g/mol. The smallest absolute Gasteiger partial charge is 0.198 e. The molecule has 0 saturated carbocycles. The fourth-order valence-electron chi connectivity index (χ4n) is 1.79. The first kappa shape index (κ1) is 13.4. The van der Waals surface area contributed by atoms with Crippen molar-refractivity contribution in [3.63, 3.8) is 0 Å². The highest BCUT2D eigenvalue weighted by Crippen LogP contribution is 2.27. The van der Waals surface area contributed by atoms with Crippen LogP contribution in [0.4, 0.5) is 11.4 Å². The third kappa shape index (κ3) is 2.71. The van der Waals surface area contributed by atoms with Gasteiger partial charge in [-0.3, -0.25) is 4.79 Å². The molecule has 0 bridgehead atoms. The quantitative estimate of drug-likeness (QED) is 0.673. The Hall–Kier alpha value is -2.01. The summed E-state index contributed by atoms with van der Waals surface area (Å²) < 4.78 is 6.00. The predicted molar refractivity (Wildman–Crippen MR) is 79.4 cm³/mol. The Kier molecular flexibility index (Phi) is 3.76. The van der Waals surface area contributed by atoms with E-state index in [2.05, 4.69) is 15.9 Å². The van der Waals surface area contributed by atoms with Crippen molar-refractivity contribution in [3.8, 4) is 5.75 Å². The topological polar surface area (TPSA) is 78.3 Å². The summed E-state index contributed by atoms with van der Waals surface area (Å²) >= 11 is 3.34. The molecule has 0 aliphatic heterocycles. The number of nitrogens with two attached hydrogens (primary N) is 2. The minimum absolute atomic E-state index is 0.198. The molecule has 0 amide bonds. The molecule has 2 aromatic rings. The Bertz CT molecular complexity index is 641. The highest BCUT2D eigenvalue weighted by Gasteiger charge is 2.17. The lowest BCUT2D eigenvalue weighted by atomic mass is 10.0. The molecule has 0 aliphatic carbocycles. The summed E-state index contributed by atoms with van der Waals surface area (Å²) in [5.41, 5.74) is 13.2. The second-order valence-electron chi connectivity index (χ2n) is 4.02. The van der Waals surface area contributed by atoms with E-state index in [1.807, 2.05) is 6.07 Å². The molecule has 2 aromatic carbocycles. The second-order valence-corrected chi connectivity index (χ2v) is 4.94. The lowest BCUT2D eigenvalue weighted by Gasteiger charge is -2.10. The monoisotopic (exact) mass is 320 g/mol. The number of anilines is 2. The van der Waals surface area contributed by atoms with Gasteiger partial charge in [-0.2, -0.15) is 0 Å². The van der Waals surface area contributed by atoms with E-state index in [4.69, 9.17) is 16.2 Å². The van der Waals surface area contributed by atoms with Crippen LogP contribution in [0.2, 0.25) is 0 Å². The van der Waals surface area contributed by atoms with Gasteiger partial charge in [0.25, 0.3) is 0 Å². The van der Waals surface area contributed by atoms with Crippen LogP contribution in [0.5, 0.6) is 5.75 Å². The summed E-state index contributed by atoms with van der Waals surface area (Å²) in [6.07, 6.45) is 0. The van der Waals surface area contributed by atoms with E-state index in [0.717, 1.165) is 4.47 Å². The maximum absolute atomic E-state index is 12.5. The maximum Gasteiger partial charge on any atom is 0.198 e. The average Bonchev–Trinajstić information content (AvgIpc) is 2.38. The van der Waals surface area contributed by atoms with Gasteiger partial charge in [0.05, 0.1) is 12.7 Å². The molecule has 5 heteroatoms. The lowest BCUT2D eigenvalue weighted by Crippen LogP contribution is -2.07. The van der Waals surface area contributed by atoms with Gasteiger partial charge in [-0.25, -0.2) is 0 Å². The van der Waals surface area contributed by atoms with E-state index in [0.29, 0.717) is 28.3 Å². The summed E-state index contributed by atoms with van der Waals surface area (Å²) in [4.78, 5) is 12.5. The Morgan fingerprint density at radius 3 is 2.47 bits per heavy atom. The first-order chi connectivity index (χ1) is 9.02. The molecule has 0 fully saturated rings. The van der Waals surface area contributed by atoms with Gasteiger partial charge in [0.1, 0.15) is 5.75 Å². The summed E-state index contributed by atoms with van der Waals surface area (Å²) in [6, 6.07) is 10.1. The third-order valence-electron chi connectivity index (χ3n) is 2.73. The zero-order valence-corrected chi connectivity index (χ0v) is 11.9. The summed E-state index contributed by atoms with van der Waals surface area (Å²) in [6.45, 7) is 0. The summed E-state index contributed by atoms with van der Waals surface area (Å²) in [5, 5.41) is 0. The molecule has 0 unspecified atom stereocenters. The fraction of sp³-hybridized carbons (Fsp3) is 0.0714.